The maximum Gasteiger partial charge on any atom is 0.221 e. The van der Waals surface area contributed by atoms with Crippen LogP contribution in [0.15, 0.2) is 30.3 Å². The molecule has 0 fully saturated rings. The van der Waals surface area contributed by atoms with Crippen LogP contribution in [0.2, 0.25) is 0 Å². The van der Waals surface area contributed by atoms with Gasteiger partial charge in [-0.2, -0.15) is 5.10 Å². The summed E-state index contributed by atoms with van der Waals surface area (Å²) in [5, 5.41) is 9.76. The smallest absolute Gasteiger partial charge is 0.221 e. The van der Waals surface area contributed by atoms with E-state index in [1.165, 1.54) is 6.92 Å². The van der Waals surface area contributed by atoms with Gasteiger partial charge < -0.3 is 5.32 Å². The van der Waals surface area contributed by atoms with Crippen LogP contribution in [0.4, 0.5) is 5.69 Å². The topological polar surface area (TPSA) is 57.8 Å². The lowest BCUT2D eigenvalue weighted by atomic mass is 10.1. The first kappa shape index (κ1) is 10.4. The van der Waals surface area contributed by atoms with E-state index in [0.29, 0.717) is 0 Å². The van der Waals surface area contributed by atoms with Crippen LogP contribution in [0.5, 0.6) is 0 Å². The van der Waals surface area contributed by atoms with E-state index in [1.807, 2.05) is 37.3 Å². The molecule has 82 valence electrons. The zero-order valence-electron chi connectivity index (χ0n) is 9.24. The lowest BCUT2D eigenvalue weighted by Crippen LogP contribution is -2.05. The van der Waals surface area contributed by atoms with Gasteiger partial charge >= 0.3 is 0 Å². The maximum atomic E-state index is 10.9. The molecule has 0 aliphatic heterocycles. The molecule has 0 saturated carbocycles. The predicted molar refractivity (Wildman–Crippen MR) is 63.1 cm³/mol. The van der Waals surface area contributed by atoms with Gasteiger partial charge in [0, 0.05) is 18.2 Å². The number of hydrogen-bond donors (Lipinski definition) is 2. The van der Waals surface area contributed by atoms with Gasteiger partial charge in [-0.15, -0.1) is 0 Å². The molecule has 2 N–H and O–H groups in total. The van der Waals surface area contributed by atoms with E-state index in [0.717, 1.165) is 22.6 Å². The summed E-state index contributed by atoms with van der Waals surface area (Å²) in [6, 6.07) is 9.60. The Bertz CT molecular complexity index is 516. The van der Waals surface area contributed by atoms with Gasteiger partial charge in [-0.25, -0.2) is 0 Å². The first-order valence-electron chi connectivity index (χ1n) is 5.05. The van der Waals surface area contributed by atoms with E-state index in [1.54, 1.807) is 0 Å². The second-order valence-electron chi connectivity index (χ2n) is 3.68. The number of rotatable bonds is 2. The van der Waals surface area contributed by atoms with Crippen molar-refractivity contribution in [2.75, 3.05) is 5.32 Å². The third kappa shape index (κ3) is 2.28. The first-order chi connectivity index (χ1) is 7.65. The molecule has 1 heterocycles. The van der Waals surface area contributed by atoms with Crippen molar-refractivity contribution in [3.05, 3.63) is 36.0 Å². The van der Waals surface area contributed by atoms with E-state index in [9.17, 15) is 4.79 Å². The van der Waals surface area contributed by atoms with Gasteiger partial charge in [0.1, 0.15) is 0 Å². The van der Waals surface area contributed by atoms with Crippen LogP contribution in [-0.2, 0) is 4.79 Å². The predicted octanol–water partition coefficient (Wildman–Crippen LogP) is 2.34. The van der Waals surface area contributed by atoms with Gasteiger partial charge in [-0.3, -0.25) is 9.89 Å². The zero-order chi connectivity index (χ0) is 11.5. The van der Waals surface area contributed by atoms with Gasteiger partial charge in [-0.1, -0.05) is 12.1 Å². The number of aromatic nitrogens is 2. The molecule has 1 aromatic heterocycles. The molecule has 0 aliphatic rings. The number of benzene rings is 1. The summed E-state index contributed by atoms with van der Waals surface area (Å²) in [4.78, 5) is 10.9. The highest BCUT2D eigenvalue weighted by Gasteiger charge is 2.02. The Morgan fingerprint density at radius 1 is 1.38 bits per heavy atom. The molecular weight excluding hydrogens is 202 g/mol. The van der Waals surface area contributed by atoms with Crippen molar-refractivity contribution < 1.29 is 4.79 Å². The second kappa shape index (κ2) is 4.18. The molecule has 0 spiro atoms. The number of H-pyrrole nitrogens is 1. The van der Waals surface area contributed by atoms with Crippen LogP contribution in [-0.4, -0.2) is 16.1 Å². The van der Waals surface area contributed by atoms with Crippen molar-refractivity contribution in [2.45, 2.75) is 13.8 Å². The van der Waals surface area contributed by atoms with Crippen molar-refractivity contribution in [1.82, 2.24) is 10.2 Å². The Morgan fingerprint density at radius 2 is 2.19 bits per heavy atom. The molecular formula is C12H13N3O. The highest BCUT2D eigenvalue weighted by atomic mass is 16.1. The van der Waals surface area contributed by atoms with Gasteiger partial charge in [0.25, 0.3) is 0 Å². The van der Waals surface area contributed by atoms with Crippen LogP contribution in [0.25, 0.3) is 11.3 Å². The van der Waals surface area contributed by atoms with Crippen LogP contribution in [0, 0.1) is 6.92 Å². The molecule has 4 heteroatoms. The molecule has 0 unspecified atom stereocenters. The quantitative estimate of drug-likeness (QED) is 0.807. The average molecular weight is 215 g/mol. The number of nitrogens with zero attached hydrogens (tertiary/aromatic N) is 1. The molecule has 0 bridgehead atoms. The third-order valence-electron chi connectivity index (χ3n) is 2.20. The van der Waals surface area contributed by atoms with Crippen molar-refractivity contribution >= 4 is 11.6 Å². The van der Waals surface area contributed by atoms with Crippen LogP contribution in [0.3, 0.4) is 0 Å². The Balaban J connectivity index is 2.32. The molecule has 1 aromatic carbocycles. The zero-order valence-corrected chi connectivity index (χ0v) is 9.24. The first-order valence-corrected chi connectivity index (χ1v) is 5.05. The van der Waals surface area contributed by atoms with Gasteiger partial charge in [-0.05, 0) is 25.1 Å². The van der Waals surface area contributed by atoms with Crippen LogP contribution < -0.4 is 5.32 Å². The Hall–Kier alpha value is -2.10. The molecule has 0 radical (unpaired) electrons. The van der Waals surface area contributed by atoms with E-state index in [2.05, 4.69) is 15.5 Å². The summed E-state index contributed by atoms with van der Waals surface area (Å²) in [5.41, 5.74) is 3.69. The van der Waals surface area contributed by atoms with Crippen LogP contribution in [0.1, 0.15) is 12.6 Å². The molecule has 4 nitrogen and oxygen atoms in total. The maximum absolute atomic E-state index is 10.9. The monoisotopic (exact) mass is 215 g/mol. The molecule has 1 amide bonds. The fourth-order valence-corrected chi connectivity index (χ4v) is 1.54. The van der Waals surface area contributed by atoms with Gasteiger partial charge in [0.2, 0.25) is 5.91 Å². The Labute approximate surface area is 93.7 Å². The molecule has 0 aliphatic carbocycles. The fraction of sp³-hybridized carbons (Fsp3) is 0.167. The summed E-state index contributed by atoms with van der Waals surface area (Å²) in [6.45, 7) is 3.42. The molecule has 2 rings (SSSR count). The minimum Gasteiger partial charge on any atom is -0.326 e. The molecule has 0 saturated heterocycles. The standard InChI is InChI=1S/C12H13N3O/c1-8-6-12(15-14-8)10-4-3-5-11(7-10)13-9(2)16/h3-7H,1-2H3,(H,13,16)(H,14,15). The highest BCUT2D eigenvalue weighted by molar-refractivity contribution is 5.89. The summed E-state index contributed by atoms with van der Waals surface area (Å²) >= 11 is 0. The summed E-state index contributed by atoms with van der Waals surface area (Å²) < 4.78 is 0. The summed E-state index contributed by atoms with van der Waals surface area (Å²) in [7, 11) is 0. The number of anilines is 1. The lowest BCUT2D eigenvalue weighted by Gasteiger charge is -2.03. The van der Waals surface area contributed by atoms with E-state index in [-0.39, 0.29) is 5.91 Å². The van der Waals surface area contributed by atoms with Crippen molar-refractivity contribution in [1.29, 1.82) is 0 Å². The second-order valence-corrected chi connectivity index (χ2v) is 3.68. The summed E-state index contributed by atoms with van der Waals surface area (Å²) in [6.07, 6.45) is 0. The van der Waals surface area contributed by atoms with E-state index < -0.39 is 0 Å². The molecule has 16 heavy (non-hydrogen) atoms. The van der Waals surface area contributed by atoms with Gasteiger partial charge in [0.05, 0.1) is 11.4 Å². The van der Waals surface area contributed by atoms with E-state index >= 15 is 0 Å². The number of aryl methyl sites for hydroxylation is 1. The fourth-order valence-electron chi connectivity index (χ4n) is 1.54. The number of nitrogens with one attached hydrogen (secondary N) is 2. The average Bonchev–Trinajstić information content (AvgIpc) is 2.64. The third-order valence-corrected chi connectivity index (χ3v) is 2.20. The summed E-state index contributed by atoms with van der Waals surface area (Å²) in [5.74, 6) is -0.0714. The van der Waals surface area contributed by atoms with Crippen molar-refractivity contribution in [2.24, 2.45) is 0 Å². The number of carbonyl (C=O) groups excluding carboxylic acids is 1. The lowest BCUT2D eigenvalue weighted by molar-refractivity contribution is -0.114. The van der Waals surface area contributed by atoms with Crippen molar-refractivity contribution in [3.63, 3.8) is 0 Å². The number of amides is 1. The number of aromatic amines is 1. The molecule has 2 aromatic rings. The SMILES string of the molecule is CC(=O)Nc1cccc(-c2cc(C)n[nH]2)c1. The molecule has 0 atom stereocenters. The minimum atomic E-state index is -0.0714. The van der Waals surface area contributed by atoms with Gasteiger partial charge in [0.15, 0.2) is 0 Å². The highest BCUT2D eigenvalue weighted by Crippen LogP contribution is 2.21. The van der Waals surface area contributed by atoms with Crippen LogP contribution >= 0.6 is 0 Å². The van der Waals surface area contributed by atoms with E-state index in [4.69, 9.17) is 0 Å². The number of carbonyl (C=O) groups is 1. The minimum absolute atomic E-state index is 0.0714. The largest absolute Gasteiger partial charge is 0.326 e. The Morgan fingerprint density at radius 3 is 2.81 bits per heavy atom. The normalized spacial score (nSPS) is 10.1. The van der Waals surface area contributed by atoms with Crippen molar-refractivity contribution in [3.8, 4) is 11.3 Å². The number of hydrogen-bond acceptors (Lipinski definition) is 2. The Kier molecular flexibility index (Phi) is 2.72.